The van der Waals surface area contributed by atoms with Crippen LogP contribution in [0.1, 0.15) is 47.4 Å². The molecule has 0 bridgehead atoms. The summed E-state index contributed by atoms with van der Waals surface area (Å²) in [6.45, 7) is 8.04. The summed E-state index contributed by atoms with van der Waals surface area (Å²) in [7, 11) is 0. The summed E-state index contributed by atoms with van der Waals surface area (Å²) >= 11 is 5.64. The molecule has 2 atom stereocenters. The number of likely N-dealkylation sites (N-methyl/N-ethyl adjacent to an activating group) is 1. The van der Waals surface area contributed by atoms with Crippen molar-refractivity contribution in [3.05, 3.63) is 77.3 Å². The second-order valence-corrected chi connectivity index (χ2v) is 7.29. The van der Waals surface area contributed by atoms with Crippen molar-refractivity contribution in [3.63, 3.8) is 0 Å². The van der Waals surface area contributed by atoms with E-state index in [1.807, 2.05) is 30.5 Å². The number of aryl methyl sites for hydroxylation is 1. The molecule has 2 unspecified atom stereocenters. The zero-order chi connectivity index (χ0) is 19.0. The summed E-state index contributed by atoms with van der Waals surface area (Å²) in [4.78, 5) is 6.85. The molecule has 140 valence electrons. The molecule has 3 aromatic rings. The van der Waals surface area contributed by atoms with E-state index in [4.69, 9.17) is 16.6 Å². The Morgan fingerprint density at radius 2 is 2.07 bits per heavy atom. The Kier molecular flexibility index (Phi) is 4.74. The van der Waals surface area contributed by atoms with Gasteiger partial charge in [0, 0.05) is 24.1 Å². The maximum Gasteiger partial charge on any atom is 0.170 e. The van der Waals surface area contributed by atoms with Gasteiger partial charge in [0.25, 0.3) is 0 Å². The molecule has 4 rings (SSSR count). The van der Waals surface area contributed by atoms with E-state index in [1.165, 1.54) is 17.0 Å². The van der Waals surface area contributed by atoms with Crippen LogP contribution in [0.3, 0.4) is 0 Å². The molecule has 1 fully saturated rings. The smallest absolute Gasteiger partial charge is 0.170 e. The van der Waals surface area contributed by atoms with Gasteiger partial charge in [-0.1, -0.05) is 6.07 Å². The lowest BCUT2D eigenvalue weighted by Crippen LogP contribution is -2.29. The fourth-order valence-electron chi connectivity index (χ4n) is 4.01. The minimum Gasteiger partial charge on any atom is -0.467 e. The second kappa shape index (κ2) is 7.19. The van der Waals surface area contributed by atoms with Crippen molar-refractivity contribution < 1.29 is 4.42 Å². The fraction of sp³-hybridized carbons (Fsp3) is 0.333. The first-order valence-electron chi connectivity index (χ1n) is 9.27. The maximum absolute atomic E-state index is 5.64. The topological polar surface area (TPSA) is 46.2 Å². The Hall–Kier alpha value is -2.60. The van der Waals surface area contributed by atoms with Crippen LogP contribution in [0.5, 0.6) is 0 Å². The third-order valence-corrected chi connectivity index (χ3v) is 5.72. The van der Waals surface area contributed by atoms with Crippen LogP contribution in [-0.2, 0) is 6.54 Å². The van der Waals surface area contributed by atoms with Crippen molar-refractivity contribution in [1.82, 2.24) is 19.8 Å². The lowest BCUT2D eigenvalue weighted by molar-refractivity contribution is 0.329. The first-order chi connectivity index (χ1) is 13.1. The van der Waals surface area contributed by atoms with Gasteiger partial charge in [0.05, 0.1) is 30.6 Å². The predicted molar refractivity (Wildman–Crippen MR) is 110 cm³/mol. The van der Waals surface area contributed by atoms with E-state index in [-0.39, 0.29) is 12.1 Å². The van der Waals surface area contributed by atoms with Crippen LogP contribution in [0.25, 0.3) is 0 Å². The van der Waals surface area contributed by atoms with Crippen LogP contribution in [0.15, 0.2) is 53.3 Å². The standard InChI is InChI=1S/C21H24N4OS/c1-4-24-20(19(23-21(24)27)18-9-5-6-10-22-18)17-12-14(2)25(15(17)3)13-16-8-7-11-26-16/h5-12,19-20H,4,13H2,1-3H3,(H,23,27). The summed E-state index contributed by atoms with van der Waals surface area (Å²) in [5.41, 5.74) is 4.74. The number of furan rings is 1. The molecule has 6 heteroatoms. The van der Waals surface area contributed by atoms with Crippen molar-refractivity contribution >= 4 is 17.3 Å². The van der Waals surface area contributed by atoms with Gasteiger partial charge in [0.15, 0.2) is 5.11 Å². The summed E-state index contributed by atoms with van der Waals surface area (Å²) in [5, 5.41) is 4.27. The average molecular weight is 381 g/mol. The van der Waals surface area contributed by atoms with Gasteiger partial charge in [-0.05, 0) is 68.9 Å². The van der Waals surface area contributed by atoms with E-state index in [0.717, 1.165) is 29.7 Å². The van der Waals surface area contributed by atoms with Gasteiger partial charge in [-0.25, -0.2) is 0 Å². The highest BCUT2D eigenvalue weighted by atomic mass is 32.1. The van der Waals surface area contributed by atoms with Crippen LogP contribution < -0.4 is 5.32 Å². The van der Waals surface area contributed by atoms with Crippen molar-refractivity contribution in [2.75, 3.05) is 6.54 Å². The summed E-state index contributed by atoms with van der Waals surface area (Å²) < 4.78 is 7.86. The molecular formula is C21H24N4OS. The number of nitrogens with one attached hydrogen (secondary N) is 1. The number of nitrogens with zero attached hydrogens (tertiary/aromatic N) is 3. The van der Waals surface area contributed by atoms with Crippen molar-refractivity contribution in [1.29, 1.82) is 0 Å². The number of thiocarbonyl (C=S) groups is 1. The van der Waals surface area contributed by atoms with Gasteiger partial charge >= 0.3 is 0 Å². The molecule has 0 aromatic carbocycles. The highest BCUT2D eigenvalue weighted by Crippen LogP contribution is 2.40. The first-order valence-corrected chi connectivity index (χ1v) is 9.68. The van der Waals surface area contributed by atoms with E-state index in [9.17, 15) is 0 Å². The minimum atomic E-state index is 0.0382. The van der Waals surface area contributed by atoms with Crippen LogP contribution in [0, 0.1) is 13.8 Å². The molecule has 0 radical (unpaired) electrons. The largest absolute Gasteiger partial charge is 0.467 e. The minimum absolute atomic E-state index is 0.0382. The molecule has 3 aromatic heterocycles. The molecular weight excluding hydrogens is 356 g/mol. The molecule has 0 spiro atoms. The molecule has 1 aliphatic heterocycles. The SMILES string of the molecule is CCN1C(=S)NC(c2ccccn2)C1c1cc(C)n(Cc2ccco2)c1C. The molecule has 1 saturated heterocycles. The van der Waals surface area contributed by atoms with Gasteiger partial charge < -0.3 is 19.2 Å². The third kappa shape index (κ3) is 3.14. The van der Waals surface area contributed by atoms with E-state index in [2.05, 4.69) is 52.7 Å². The van der Waals surface area contributed by atoms with Gasteiger partial charge in [-0.3, -0.25) is 4.98 Å². The summed E-state index contributed by atoms with van der Waals surface area (Å²) in [6.07, 6.45) is 3.56. The number of hydrogen-bond acceptors (Lipinski definition) is 3. The van der Waals surface area contributed by atoms with E-state index >= 15 is 0 Å². The molecule has 27 heavy (non-hydrogen) atoms. The van der Waals surface area contributed by atoms with Crippen molar-refractivity contribution in [3.8, 4) is 0 Å². The zero-order valence-electron chi connectivity index (χ0n) is 15.8. The van der Waals surface area contributed by atoms with Gasteiger partial charge in [-0.2, -0.15) is 0 Å². The zero-order valence-corrected chi connectivity index (χ0v) is 16.7. The highest BCUT2D eigenvalue weighted by molar-refractivity contribution is 7.80. The quantitative estimate of drug-likeness (QED) is 0.674. The Labute approximate surface area is 165 Å². The number of hydrogen-bond donors (Lipinski definition) is 1. The summed E-state index contributed by atoms with van der Waals surface area (Å²) in [5.74, 6) is 0.956. The molecule has 0 aliphatic carbocycles. The molecule has 0 amide bonds. The fourth-order valence-corrected chi connectivity index (χ4v) is 4.38. The number of pyridine rings is 1. The van der Waals surface area contributed by atoms with Gasteiger partial charge in [0.2, 0.25) is 0 Å². The van der Waals surface area contributed by atoms with Crippen molar-refractivity contribution in [2.45, 2.75) is 39.4 Å². The van der Waals surface area contributed by atoms with Crippen LogP contribution in [-0.4, -0.2) is 26.1 Å². The average Bonchev–Trinajstić information content (AvgIpc) is 3.37. The lowest BCUT2D eigenvalue weighted by atomic mass is 9.97. The van der Waals surface area contributed by atoms with Gasteiger partial charge in [0.1, 0.15) is 5.76 Å². The normalized spacial score (nSPS) is 19.5. The van der Waals surface area contributed by atoms with Crippen molar-refractivity contribution in [2.24, 2.45) is 0 Å². The Balaban J connectivity index is 1.76. The van der Waals surface area contributed by atoms with E-state index in [0.29, 0.717) is 0 Å². The van der Waals surface area contributed by atoms with E-state index in [1.54, 1.807) is 6.26 Å². The van der Waals surface area contributed by atoms with E-state index < -0.39 is 0 Å². The first kappa shape index (κ1) is 17.8. The van der Waals surface area contributed by atoms with Crippen LogP contribution in [0.2, 0.25) is 0 Å². The Bertz CT molecular complexity index is 933. The van der Waals surface area contributed by atoms with Gasteiger partial charge in [-0.15, -0.1) is 0 Å². The summed E-state index contributed by atoms with van der Waals surface area (Å²) in [6, 6.07) is 12.4. The number of rotatable bonds is 5. The second-order valence-electron chi connectivity index (χ2n) is 6.90. The number of aromatic nitrogens is 2. The van der Waals surface area contributed by atoms with Crippen LogP contribution in [0.4, 0.5) is 0 Å². The highest BCUT2D eigenvalue weighted by Gasteiger charge is 2.40. The molecule has 1 aliphatic rings. The Morgan fingerprint density at radius 1 is 1.22 bits per heavy atom. The third-order valence-electron chi connectivity index (χ3n) is 5.36. The molecule has 1 N–H and O–H groups in total. The van der Waals surface area contributed by atoms with Crippen LogP contribution >= 0.6 is 12.2 Å². The lowest BCUT2D eigenvalue weighted by Gasteiger charge is -2.27. The molecule has 0 saturated carbocycles. The Morgan fingerprint density at radius 3 is 2.74 bits per heavy atom. The predicted octanol–water partition coefficient (Wildman–Crippen LogP) is 4.13. The monoisotopic (exact) mass is 380 g/mol. The maximum atomic E-state index is 5.64. The molecule has 4 heterocycles. The molecule has 5 nitrogen and oxygen atoms in total.